The van der Waals surface area contributed by atoms with Crippen molar-refractivity contribution in [2.24, 2.45) is 5.92 Å². The Bertz CT molecular complexity index is 810. The molecule has 1 aromatic carbocycles. The summed E-state index contributed by atoms with van der Waals surface area (Å²) in [5.74, 6) is 0.536. The van der Waals surface area contributed by atoms with Gasteiger partial charge in [0.05, 0.1) is 0 Å². The molecule has 28 heavy (non-hydrogen) atoms. The predicted octanol–water partition coefficient (Wildman–Crippen LogP) is 3.42. The van der Waals surface area contributed by atoms with Gasteiger partial charge < -0.3 is 14.7 Å². The SMILES string of the molecule is CC1CCN(c2ccnc(C(=O)N3CCN(c4ccc(F)cc4)CC3)c2)CC1. The molecular weight excluding hydrogens is 355 g/mol. The molecular formula is C22H27FN4O. The van der Waals surface area contributed by atoms with Gasteiger partial charge in [0.25, 0.3) is 5.91 Å². The lowest BCUT2D eigenvalue weighted by atomic mass is 9.99. The van der Waals surface area contributed by atoms with Gasteiger partial charge in [-0.3, -0.25) is 9.78 Å². The van der Waals surface area contributed by atoms with E-state index in [9.17, 15) is 9.18 Å². The van der Waals surface area contributed by atoms with E-state index in [-0.39, 0.29) is 11.7 Å². The summed E-state index contributed by atoms with van der Waals surface area (Å²) in [5.41, 5.74) is 2.61. The van der Waals surface area contributed by atoms with Gasteiger partial charge >= 0.3 is 0 Å². The minimum Gasteiger partial charge on any atom is -0.371 e. The van der Waals surface area contributed by atoms with Crippen LogP contribution in [0.5, 0.6) is 0 Å². The molecule has 0 bridgehead atoms. The van der Waals surface area contributed by atoms with Crippen molar-refractivity contribution in [1.82, 2.24) is 9.88 Å². The van der Waals surface area contributed by atoms with Crippen LogP contribution in [0.25, 0.3) is 0 Å². The van der Waals surface area contributed by atoms with Gasteiger partial charge in [0.1, 0.15) is 11.5 Å². The van der Waals surface area contributed by atoms with E-state index in [0.29, 0.717) is 18.8 Å². The molecule has 0 radical (unpaired) electrons. The van der Waals surface area contributed by atoms with E-state index in [0.717, 1.165) is 43.5 Å². The van der Waals surface area contributed by atoms with Crippen molar-refractivity contribution in [2.75, 3.05) is 49.1 Å². The zero-order valence-electron chi connectivity index (χ0n) is 16.4. The molecule has 2 aromatic rings. The Morgan fingerprint density at radius 3 is 2.25 bits per heavy atom. The smallest absolute Gasteiger partial charge is 0.272 e. The summed E-state index contributed by atoms with van der Waals surface area (Å²) in [4.78, 5) is 23.7. The van der Waals surface area contributed by atoms with Crippen molar-refractivity contribution < 1.29 is 9.18 Å². The molecule has 2 saturated heterocycles. The predicted molar refractivity (Wildman–Crippen MR) is 109 cm³/mol. The standard InChI is InChI=1S/C22H27FN4O/c1-17-7-10-25(11-8-17)20-6-9-24-21(16-20)22(28)27-14-12-26(13-15-27)19-4-2-18(23)3-5-19/h2-6,9,16-17H,7-8,10-15H2,1H3. The topological polar surface area (TPSA) is 39.7 Å². The summed E-state index contributed by atoms with van der Waals surface area (Å²) in [7, 11) is 0. The van der Waals surface area contributed by atoms with E-state index in [1.54, 1.807) is 18.3 Å². The van der Waals surface area contributed by atoms with Crippen LogP contribution in [0, 0.1) is 11.7 Å². The van der Waals surface area contributed by atoms with Crippen LogP contribution in [-0.2, 0) is 0 Å². The molecule has 4 rings (SSSR count). The Kier molecular flexibility index (Phi) is 5.46. The first-order valence-electron chi connectivity index (χ1n) is 10.1. The lowest BCUT2D eigenvalue weighted by molar-refractivity contribution is 0.0741. The molecule has 148 valence electrons. The third-order valence-corrected chi connectivity index (χ3v) is 5.87. The number of piperazine rings is 1. The zero-order chi connectivity index (χ0) is 19.5. The lowest BCUT2D eigenvalue weighted by Gasteiger charge is -2.36. The van der Waals surface area contributed by atoms with Crippen LogP contribution in [0.15, 0.2) is 42.6 Å². The normalized spacial score (nSPS) is 18.4. The van der Waals surface area contributed by atoms with E-state index in [1.807, 2.05) is 17.0 Å². The molecule has 6 heteroatoms. The van der Waals surface area contributed by atoms with Gasteiger partial charge in [0.2, 0.25) is 0 Å². The van der Waals surface area contributed by atoms with Crippen LogP contribution in [0.1, 0.15) is 30.3 Å². The fourth-order valence-corrected chi connectivity index (χ4v) is 3.98. The van der Waals surface area contributed by atoms with Crippen LogP contribution >= 0.6 is 0 Å². The molecule has 1 aromatic heterocycles. The maximum atomic E-state index is 13.1. The number of carbonyl (C=O) groups excluding carboxylic acids is 1. The number of hydrogen-bond donors (Lipinski definition) is 0. The second-order valence-corrected chi connectivity index (χ2v) is 7.82. The Balaban J connectivity index is 1.38. The zero-order valence-corrected chi connectivity index (χ0v) is 16.4. The summed E-state index contributed by atoms with van der Waals surface area (Å²) in [6.45, 7) is 7.13. The summed E-state index contributed by atoms with van der Waals surface area (Å²) < 4.78 is 13.1. The highest BCUT2D eigenvalue weighted by molar-refractivity contribution is 5.93. The van der Waals surface area contributed by atoms with Gasteiger partial charge in [-0.2, -0.15) is 0 Å². The molecule has 0 atom stereocenters. The number of rotatable bonds is 3. The number of pyridine rings is 1. The van der Waals surface area contributed by atoms with E-state index >= 15 is 0 Å². The third kappa shape index (κ3) is 4.11. The molecule has 1 amide bonds. The van der Waals surface area contributed by atoms with Crippen molar-refractivity contribution in [1.29, 1.82) is 0 Å². The number of nitrogens with zero attached hydrogens (tertiary/aromatic N) is 4. The van der Waals surface area contributed by atoms with E-state index in [4.69, 9.17) is 0 Å². The van der Waals surface area contributed by atoms with Crippen molar-refractivity contribution in [3.8, 4) is 0 Å². The summed E-state index contributed by atoms with van der Waals surface area (Å²) in [5, 5.41) is 0. The first-order valence-corrected chi connectivity index (χ1v) is 10.1. The molecule has 0 saturated carbocycles. The Labute approximate surface area is 165 Å². The van der Waals surface area contributed by atoms with E-state index in [1.165, 1.54) is 25.0 Å². The minimum atomic E-state index is -0.230. The number of halogens is 1. The monoisotopic (exact) mass is 382 g/mol. The summed E-state index contributed by atoms with van der Waals surface area (Å²) in [6, 6.07) is 10.5. The summed E-state index contributed by atoms with van der Waals surface area (Å²) in [6.07, 6.45) is 4.13. The summed E-state index contributed by atoms with van der Waals surface area (Å²) >= 11 is 0. The largest absolute Gasteiger partial charge is 0.371 e. The Hall–Kier alpha value is -2.63. The highest BCUT2D eigenvalue weighted by Crippen LogP contribution is 2.24. The number of carbonyl (C=O) groups is 1. The fraction of sp³-hybridized carbons (Fsp3) is 0.455. The first-order chi connectivity index (χ1) is 13.6. The minimum absolute atomic E-state index is 0.00835. The van der Waals surface area contributed by atoms with Gasteiger partial charge in [-0.25, -0.2) is 4.39 Å². The molecule has 0 aliphatic carbocycles. The van der Waals surface area contributed by atoms with Crippen molar-refractivity contribution in [3.63, 3.8) is 0 Å². The quantitative estimate of drug-likeness (QED) is 0.816. The fourth-order valence-electron chi connectivity index (χ4n) is 3.98. The maximum absolute atomic E-state index is 13.1. The number of amides is 1. The molecule has 5 nitrogen and oxygen atoms in total. The molecule has 2 aliphatic rings. The molecule has 0 unspecified atom stereocenters. The second kappa shape index (κ2) is 8.17. The third-order valence-electron chi connectivity index (χ3n) is 5.87. The van der Waals surface area contributed by atoms with Gasteiger partial charge in [0, 0.05) is 56.8 Å². The van der Waals surface area contributed by atoms with Crippen LogP contribution in [0.4, 0.5) is 15.8 Å². The number of benzene rings is 1. The van der Waals surface area contributed by atoms with Gasteiger partial charge in [-0.05, 0) is 55.2 Å². The number of piperidine rings is 1. The van der Waals surface area contributed by atoms with E-state index in [2.05, 4.69) is 21.7 Å². The van der Waals surface area contributed by atoms with Crippen molar-refractivity contribution in [3.05, 3.63) is 54.1 Å². The van der Waals surface area contributed by atoms with Crippen molar-refractivity contribution >= 4 is 17.3 Å². The number of anilines is 2. The van der Waals surface area contributed by atoms with Crippen LogP contribution in [0.3, 0.4) is 0 Å². The average molecular weight is 382 g/mol. The molecule has 3 heterocycles. The Morgan fingerprint density at radius 2 is 1.57 bits per heavy atom. The number of aromatic nitrogens is 1. The van der Waals surface area contributed by atoms with Gasteiger partial charge in [0.15, 0.2) is 0 Å². The van der Waals surface area contributed by atoms with Gasteiger partial charge in [-0.15, -0.1) is 0 Å². The van der Waals surface area contributed by atoms with Crippen molar-refractivity contribution in [2.45, 2.75) is 19.8 Å². The number of hydrogen-bond acceptors (Lipinski definition) is 4. The molecule has 0 N–H and O–H groups in total. The van der Waals surface area contributed by atoms with Gasteiger partial charge in [-0.1, -0.05) is 6.92 Å². The highest BCUT2D eigenvalue weighted by Gasteiger charge is 2.24. The van der Waals surface area contributed by atoms with Crippen LogP contribution < -0.4 is 9.80 Å². The van der Waals surface area contributed by atoms with Crippen LogP contribution in [-0.4, -0.2) is 55.1 Å². The van der Waals surface area contributed by atoms with E-state index < -0.39 is 0 Å². The average Bonchev–Trinajstić information content (AvgIpc) is 2.74. The molecule has 0 spiro atoms. The lowest BCUT2D eigenvalue weighted by Crippen LogP contribution is -2.49. The maximum Gasteiger partial charge on any atom is 0.272 e. The van der Waals surface area contributed by atoms with Crippen LogP contribution in [0.2, 0.25) is 0 Å². The molecule has 2 aliphatic heterocycles. The molecule has 2 fully saturated rings. The second-order valence-electron chi connectivity index (χ2n) is 7.82. The highest BCUT2D eigenvalue weighted by atomic mass is 19.1. The Morgan fingerprint density at radius 1 is 0.929 bits per heavy atom. The first kappa shape index (κ1) is 18.7.